The first kappa shape index (κ1) is 16.7. The molecule has 114 valence electrons. The van der Waals surface area contributed by atoms with Crippen molar-refractivity contribution in [3.8, 4) is 0 Å². The maximum Gasteiger partial charge on any atom is 0.138 e. The summed E-state index contributed by atoms with van der Waals surface area (Å²) >= 11 is 0. The van der Waals surface area contributed by atoms with Gasteiger partial charge in [-0.25, -0.2) is 9.97 Å². The molecular weight excluding hydrogens is 256 g/mol. The van der Waals surface area contributed by atoms with Crippen LogP contribution in [0.4, 0.5) is 11.6 Å². The molecule has 0 aliphatic carbocycles. The van der Waals surface area contributed by atoms with E-state index >= 15 is 0 Å². The molecule has 0 aliphatic heterocycles. The van der Waals surface area contributed by atoms with Crippen molar-refractivity contribution in [2.75, 3.05) is 38.0 Å². The predicted octanol–water partition coefficient (Wildman–Crippen LogP) is 1.54. The van der Waals surface area contributed by atoms with Gasteiger partial charge in [0, 0.05) is 25.1 Å². The van der Waals surface area contributed by atoms with Crippen LogP contribution in [-0.2, 0) is 10.2 Å². The Kier molecular flexibility index (Phi) is 5.71. The third kappa shape index (κ3) is 4.05. The van der Waals surface area contributed by atoms with Gasteiger partial charge in [0.15, 0.2) is 0 Å². The molecule has 1 aromatic rings. The van der Waals surface area contributed by atoms with E-state index in [0.717, 1.165) is 23.0 Å². The first-order valence-corrected chi connectivity index (χ1v) is 6.76. The minimum Gasteiger partial charge on any atom is -0.394 e. The molecule has 1 heterocycles. The van der Waals surface area contributed by atoms with Gasteiger partial charge < -0.3 is 20.5 Å². The van der Waals surface area contributed by atoms with Crippen LogP contribution in [0.1, 0.15) is 32.2 Å². The fourth-order valence-corrected chi connectivity index (χ4v) is 1.77. The summed E-state index contributed by atoms with van der Waals surface area (Å²) in [7, 11) is 3.45. The minimum atomic E-state index is -0.189. The standard InChI is InChI=1S/C14H26N4O2/c1-9-11(15-5)17-13(14(2,3)4)18-12(9)16-10(7-19)8-20-6/h10,19H,7-8H2,1-6H3,(H2,15,16,17,18). The second-order valence-electron chi connectivity index (χ2n) is 5.85. The maximum atomic E-state index is 9.36. The molecule has 1 atom stereocenters. The third-order valence-electron chi connectivity index (χ3n) is 2.98. The second kappa shape index (κ2) is 6.85. The Labute approximate surface area is 121 Å². The summed E-state index contributed by atoms with van der Waals surface area (Å²) in [5.74, 6) is 2.27. The van der Waals surface area contributed by atoms with Crippen LogP contribution in [0.25, 0.3) is 0 Å². The van der Waals surface area contributed by atoms with Gasteiger partial charge in [-0.3, -0.25) is 0 Å². The lowest BCUT2D eigenvalue weighted by Gasteiger charge is -2.23. The van der Waals surface area contributed by atoms with E-state index in [-0.39, 0.29) is 18.1 Å². The zero-order valence-electron chi connectivity index (χ0n) is 13.2. The summed E-state index contributed by atoms with van der Waals surface area (Å²) < 4.78 is 5.08. The van der Waals surface area contributed by atoms with Crippen molar-refractivity contribution >= 4 is 11.6 Å². The highest BCUT2D eigenvalue weighted by Gasteiger charge is 2.21. The molecule has 0 aromatic carbocycles. The zero-order chi connectivity index (χ0) is 15.3. The third-order valence-corrected chi connectivity index (χ3v) is 2.98. The number of nitrogens with zero attached hydrogens (tertiary/aromatic N) is 2. The summed E-state index contributed by atoms with van der Waals surface area (Å²) in [5.41, 5.74) is 0.779. The quantitative estimate of drug-likeness (QED) is 0.734. The van der Waals surface area contributed by atoms with E-state index in [2.05, 4.69) is 41.4 Å². The number of aromatic nitrogens is 2. The van der Waals surface area contributed by atoms with Crippen molar-refractivity contribution in [2.24, 2.45) is 0 Å². The highest BCUT2D eigenvalue weighted by molar-refractivity contribution is 5.57. The van der Waals surface area contributed by atoms with Crippen LogP contribution in [-0.4, -0.2) is 48.5 Å². The van der Waals surface area contributed by atoms with Crippen LogP contribution in [0.5, 0.6) is 0 Å². The van der Waals surface area contributed by atoms with Crippen LogP contribution in [0.15, 0.2) is 0 Å². The highest BCUT2D eigenvalue weighted by Crippen LogP contribution is 2.26. The molecule has 1 aromatic heterocycles. The molecule has 0 fully saturated rings. The largest absolute Gasteiger partial charge is 0.394 e. The molecule has 0 aliphatic rings. The van der Waals surface area contributed by atoms with Gasteiger partial charge in [-0.1, -0.05) is 20.8 Å². The number of ether oxygens (including phenoxy) is 1. The van der Waals surface area contributed by atoms with E-state index < -0.39 is 0 Å². The SMILES string of the molecule is CNc1nc(C(C)(C)C)nc(NC(CO)COC)c1C. The zero-order valence-corrected chi connectivity index (χ0v) is 13.2. The fraction of sp³-hybridized carbons (Fsp3) is 0.714. The number of methoxy groups -OCH3 is 1. The van der Waals surface area contributed by atoms with Crippen LogP contribution < -0.4 is 10.6 Å². The molecule has 0 radical (unpaired) electrons. The summed E-state index contributed by atoms with van der Waals surface area (Å²) in [6, 6.07) is -0.189. The molecule has 1 rings (SSSR count). The predicted molar refractivity (Wildman–Crippen MR) is 81.4 cm³/mol. The number of aliphatic hydroxyl groups excluding tert-OH is 1. The van der Waals surface area contributed by atoms with Crippen LogP contribution in [0.3, 0.4) is 0 Å². The van der Waals surface area contributed by atoms with E-state index in [0.29, 0.717) is 6.61 Å². The van der Waals surface area contributed by atoms with Crippen molar-refractivity contribution in [2.45, 2.75) is 39.2 Å². The Hall–Kier alpha value is -1.40. The maximum absolute atomic E-state index is 9.36. The number of nitrogens with one attached hydrogen (secondary N) is 2. The van der Waals surface area contributed by atoms with Gasteiger partial charge in [0.25, 0.3) is 0 Å². The van der Waals surface area contributed by atoms with Gasteiger partial charge in [0.05, 0.1) is 19.3 Å². The number of anilines is 2. The Morgan fingerprint density at radius 1 is 1.25 bits per heavy atom. The van der Waals surface area contributed by atoms with Gasteiger partial charge in [0.1, 0.15) is 17.5 Å². The van der Waals surface area contributed by atoms with Gasteiger partial charge in [-0.2, -0.15) is 0 Å². The molecule has 0 saturated heterocycles. The minimum absolute atomic E-state index is 0.0168. The van der Waals surface area contributed by atoms with Crippen molar-refractivity contribution < 1.29 is 9.84 Å². The molecule has 0 bridgehead atoms. The van der Waals surface area contributed by atoms with Crippen molar-refractivity contribution in [3.05, 3.63) is 11.4 Å². The van der Waals surface area contributed by atoms with Crippen LogP contribution in [0.2, 0.25) is 0 Å². The fourth-order valence-electron chi connectivity index (χ4n) is 1.77. The van der Waals surface area contributed by atoms with Gasteiger partial charge in [-0.05, 0) is 6.92 Å². The normalized spacial score (nSPS) is 13.2. The average Bonchev–Trinajstić information content (AvgIpc) is 2.38. The van der Waals surface area contributed by atoms with Crippen LogP contribution >= 0.6 is 0 Å². The summed E-state index contributed by atoms with van der Waals surface area (Å²) in [6.07, 6.45) is 0. The van der Waals surface area contributed by atoms with Crippen LogP contribution in [0, 0.1) is 6.92 Å². The topological polar surface area (TPSA) is 79.3 Å². The van der Waals surface area contributed by atoms with E-state index in [1.165, 1.54) is 0 Å². The van der Waals surface area contributed by atoms with E-state index in [1.807, 2.05) is 14.0 Å². The van der Waals surface area contributed by atoms with E-state index in [9.17, 15) is 5.11 Å². The van der Waals surface area contributed by atoms with E-state index in [4.69, 9.17) is 4.74 Å². The lowest BCUT2D eigenvalue weighted by molar-refractivity contribution is 0.153. The Morgan fingerprint density at radius 2 is 1.85 bits per heavy atom. The summed E-state index contributed by atoms with van der Waals surface area (Å²) in [6.45, 7) is 8.55. The molecule has 1 unspecified atom stereocenters. The monoisotopic (exact) mass is 282 g/mol. The first-order chi connectivity index (χ1) is 9.33. The Morgan fingerprint density at radius 3 is 2.30 bits per heavy atom. The second-order valence-corrected chi connectivity index (χ2v) is 5.85. The number of rotatable bonds is 6. The molecule has 3 N–H and O–H groups in total. The molecule has 0 spiro atoms. The molecule has 6 heteroatoms. The number of hydrogen-bond donors (Lipinski definition) is 3. The van der Waals surface area contributed by atoms with Crippen molar-refractivity contribution in [1.82, 2.24) is 9.97 Å². The molecule has 0 saturated carbocycles. The number of aliphatic hydroxyl groups is 1. The van der Waals surface area contributed by atoms with Crippen molar-refractivity contribution in [1.29, 1.82) is 0 Å². The summed E-state index contributed by atoms with van der Waals surface area (Å²) in [5, 5.41) is 15.7. The van der Waals surface area contributed by atoms with Gasteiger partial charge in [0.2, 0.25) is 0 Å². The van der Waals surface area contributed by atoms with E-state index in [1.54, 1.807) is 7.11 Å². The lowest BCUT2D eigenvalue weighted by Crippen LogP contribution is -2.30. The Balaban J connectivity index is 3.16. The lowest BCUT2D eigenvalue weighted by atomic mass is 9.95. The average molecular weight is 282 g/mol. The van der Waals surface area contributed by atoms with Gasteiger partial charge >= 0.3 is 0 Å². The number of hydrogen-bond acceptors (Lipinski definition) is 6. The summed E-state index contributed by atoms with van der Waals surface area (Å²) in [4.78, 5) is 9.14. The smallest absolute Gasteiger partial charge is 0.138 e. The highest BCUT2D eigenvalue weighted by atomic mass is 16.5. The molecule has 6 nitrogen and oxygen atoms in total. The van der Waals surface area contributed by atoms with Gasteiger partial charge in [-0.15, -0.1) is 0 Å². The molecular formula is C14H26N4O2. The first-order valence-electron chi connectivity index (χ1n) is 6.76. The Bertz CT molecular complexity index is 444. The molecule has 20 heavy (non-hydrogen) atoms. The molecule has 0 amide bonds. The van der Waals surface area contributed by atoms with Crippen molar-refractivity contribution in [3.63, 3.8) is 0 Å².